The van der Waals surface area contributed by atoms with Crippen LogP contribution in [0.25, 0.3) is 0 Å². The predicted molar refractivity (Wildman–Crippen MR) is 119 cm³/mol. The van der Waals surface area contributed by atoms with Crippen molar-refractivity contribution in [2.45, 2.75) is 63.5 Å². The van der Waals surface area contributed by atoms with E-state index < -0.39 is 16.7 Å². The number of esters is 2. The SMILES string of the molecule is CCOC(=O)C(CCCN=C(NC#N)SC)(SCC1CCCCC1)C(=O)OCC. The second kappa shape index (κ2) is 14.6. The summed E-state index contributed by atoms with van der Waals surface area (Å²) in [5, 5.41) is 11.8. The first-order chi connectivity index (χ1) is 14.0. The lowest BCUT2D eigenvalue weighted by Crippen LogP contribution is -2.47. The van der Waals surface area contributed by atoms with Crippen LogP contribution in [0.4, 0.5) is 0 Å². The zero-order valence-corrected chi connectivity index (χ0v) is 19.3. The molecule has 1 aliphatic rings. The van der Waals surface area contributed by atoms with Crippen molar-refractivity contribution in [2.75, 3.05) is 31.8 Å². The molecule has 0 saturated heterocycles. The fraction of sp³-hybridized carbons (Fsp3) is 0.800. The van der Waals surface area contributed by atoms with Crippen LogP contribution in [-0.4, -0.2) is 53.6 Å². The zero-order valence-electron chi connectivity index (χ0n) is 17.7. The summed E-state index contributed by atoms with van der Waals surface area (Å²) >= 11 is 2.71. The van der Waals surface area contributed by atoms with Gasteiger partial charge in [-0.25, -0.2) is 9.59 Å². The first-order valence-electron chi connectivity index (χ1n) is 10.3. The van der Waals surface area contributed by atoms with Crippen LogP contribution in [0, 0.1) is 17.4 Å². The number of amidine groups is 1. The maximum Gasteiger partial charge on any atom is 0.333 e. The molecule has 0 unspecified atom stereocenters. The highest BCUT2D eigenvalue weighted by Crippen LogP contribution is 2.38. The monoisotopic (exact) mass is 443 g/mol. The van der Waals surface area contributed by atoms with Crippen molar-refractivity contribution >= 4 is 40.6 Å². The van der Waals surface area contributed by atoms with Crippen LogP contribution >= 0.6 is 23.5 Å². The molecule has 29 heavy (non-hydrogen) atoms. The Bertz CT molecular complexity index is 569. The number of hydrogen-bond donors (Lipinski definition) is 1. The molecule has 7 nitrogen and oxygen atoms in total. The molecule has 1 fully saturated rings. The van der Waals surface area contributed by atoms with Crippen molar-refractivity contribution in [1.29, 1.82) is 5.26 Å². The summed E-state index contributed by atoms with van der Waals surface area (Å²) in [6.45, 7) is 4.30. The van der Waals surface area contributed by atoms with Crippen LogP contribution in [0.3, 0.4) is 0 Å². The van der Waals surface area contributed by atoms with Gasteiger partial charge >= 0.3 is 11.9 Å². The van der Waals surface area contributed by atoms with Crippen LogP contribution < -0.4 is 5.32 Å². The molecule has 0 radical (unpaired) electrons. The average molecular weight is 444 g/mol. The minimum Gasteiger partial charge on any atom is -0.465 e. The van der Waals surface area contributed by atoms with Crippen molar-refractivity contribution in [2.24, 2.45) is 10.9 Å². The molecule has 1 rings (SSSR count). The molecule has 0 aliphatic heterocycles. The second-order valence-electron chi connectivity index (χ2n) is 6.81. The normalized spacial score (nSPS) is 15.4. The number of thioether (sulfide) groups is 2. The highest BCUT2D eigenvalue weighted by Gasteiger charge is 2.49. The number of aliphatic imine (C=N–C) groups is 1. The van der Waals surface area contributed by atoms with Crippen LogP contribution in [0.2, 0.25) is 0 Å². The largest absolute Gasteiger partial charge is 0.465 e. The van der Waals surface area contributed by atoms with E-state index in [9.17, 15) is 9.59 Å². The standard InChI is InChI=1S/C20H33N3O4S2/c1-4-26-17(24)20(18(25)27-5-2,29-14-16-10-7-6-8-11-16)12-9-13-22-19(28-3)23-15-21/h16H,4-14H2,1-3H3,(H,22,23). The minimum atomic E-state index is -1.36. The molecule has 0 atom stereocenters. The highest BCUT2D eigenvalue weighted by atomic mass is 32.2. The Balaban J connectivity index is 2.93. The van der Waals surface area contributed by atoms with Crippen LogP contribution in [0.15, 0.2) is 4.99 Å². The van der Waals surface area contributed by atoms with Crippen LogP contribution in [0.5, 0.6) is 0 Å². The van der Waals surface area contributed by atoms with Gasteiger partial charge in [-0.15, -0.1) is 11.8 Å². The third-order valence-corrected chi connectivity index (χ3v) is 7.09. The lowest BCUT2D eigenvalue weighted by Gasteiger charge is -2.31. The van der Waals surface area contributed by atoms with Crippen molar-refractivity contribution < 1.29 is 19.1 Å². The fourth-order valence-electron chi connectivity index (χ4n) is 3.30. The van der Waals surface area contributed by atoms with Gasteiger partial charge in [0.2, 0.25) is 4.75 Å². The highest BCUT2D eigenvalue weighted by molar-refractivity contribution is 8.13. The average Bonchev–Trinajstić information content (AvgIpc) is 2.73. The fourth-order valence-corrected chi connectivity index (χ4v) is 5.16. The molecule has 1 aliphatic carbocycles. The molecule has 1 saturated carbocycles. The van der Waals surface area contributed by atoms with Gasteiger partial charge in [-0.2, -0.15) is 5.26 Å². The Kier molecular flexibility index (Phi) is 12.9. The van der Waals surface area contributed by atoms with Gasteiger partial charge in [-0.1, -0.05) is 31.0 Å². The van der Waals surface area contributed by atoms with E-state index in [0.717, 1.165) is 18.6 Å². The maximum atomic E-state index is 12.9. The molecular formula is C20H33N3O4S2. The summed E-state index contributed by atoms with van der Waals surface area (Å²) in [6.07, 6.45) is 10.4. The van der Waals surface area contributed by atoms with E-state index in [1.807, 2.05) is 12.4 Å². The smallest absolute Gasteiger partial charge is 0.333 e. The van der Waals surface area contributed by atoms with Gasteiger partial charge in [-0.05, 0) is 57.5 Å². The van der Waals surface area contributed by atoms with E-state index in [-0.39, 0.29) is 13.2 Å². The number of hydrogen-bond acceptors (Lipinski definition) is 8. The summed E-state index contributed by atoms with van der Waals surface area (Å²) < 4.78 is 9.23. The molecule has 164 valence electrons. The molecule has 0 heterocycles. The number of nitrogens with one attached hydrogen (secondary N) is 1. The summed E-state index contributed by atoms with van der Waals surface area (Å²) in [5.74, 6) is 0.206. The molecular weight excluding hydrogens is 410 g/mol. The van der Waals surface area contributed by atoms with E-state index in [0.29, 0.717) is 30.5 Å². The molecule has 0 amide bonds. The Hall–Kier alpha value is -1.40. The molecule has 0 aromatic rings. The summed E-state index contributed by atoms with van der Waals surface area (Å²) in [4.78, 5) is 30.1. The summed E-state index contributed by atoms with van der Waals surface area (Å²) in [7, 11) is 0. The van der Waals surface area contributed by atoms with Crippen molar-refractivity contribution in [1.82, 2.24) is 5.32 Å². The van der Waals surface area contributed by atoms with E-state index >= 15 is 0 Å². The molecule has 1 N–H and O–H groups in total. The molecule has 9 heteroatoms. The van der Waals surface area contributed by atoms with Crippen molar-refractivity contribution in [3.8, 4) is 6.19 Å². The van der Waals surface area contributed by atoms with Gasteiger partial charge in [0, 0.05) is 6.54 Å². The third kappa shape index (κ3) is 8.47. The lowest BCUT2D eigenvalue weighted by molar-refractivity contribution is -0.159. The quantitative estimate of drug-likeness (QED) is 0.0980. The number of nitrogens with zero attached hydrogens (tertiary/aromatic N) is 2. The Morgan fingerprint density at radius 1 is 1.17 bits per heavy atom. The Morgan fingerprint density at radius 3 is 2.31 bits per heavy atom. The predicted octanol–water partition coefficient (Wildman–Crippen LogP) is 3.73. The first-order valence-corrected chi connectivity index (χ1v) is 12.5. The lowest BCUT2D eigenvalue weighted by atomic mass is 9.91. The van der Waals surface area contributed by atoms with Crippen molar-refractivity contribution in [3.63, 3.8) is 0 Å². The third-order valence-electron chi connectivity index (χ3n) is 4.80. The van der Waals surface area contributed by atoms with Gasteiger partial charge in [0.1, 0.15) is 0 Å². The molecule has 0 aromatic heterocycles. The number of rotatable bonds is 11. The minimum absolute atomic E-state index is 0.213. The number of nitriles is 1. The maximum absolute atomic E-state index is 12.9. The first kappa shape index (κ1) is 25.6. The number of carbonyl (C=O) groups excluding carboxylic acids is 2. The van der Waals surface area contributed by atoms with Crippen LogP contribution in [0.1, 0.15) is 58.8 Å². The van der Waals surface area contributed by atoms with E-state index in [1.165, 1.54) is 42.8 Å². The van der Waals surface area contributed by atoms with E-state index in [1.54, 1.807) is 13.8 Å². The van der Waals surface area contributed by atoms with Crippen molar-refractivity contribution in [3.05, 3.63) is 0 Å². The van der Waals surface area contributed by atoms with E-state index in [4.69, 9.17) is 14.7 Å². The van der Waals surface area contributed by atoms with E-state index in [2.05, 4.69) is 10.3 Å². The summed E-state index contributed by atoms with van der Waals surface area (Å²) in [6, 6.07) is 0. The Labute approximate surface area is 182 Å². The van der Waals surface area contributed by atoms with Gasteiger partial charge < -0.3 is 9.47 Å². The molecule has 0 aromatic carbocycles. The van der Waals surface area contributed by atoms with Gasteiger partial charge in [-0.3, -0.25) is 10.3 Å². The summed E-state index contributed by atoms with van der Waals surface area (Å²) in [5.41, 5.74) is 0. The van der Waals surface area contributed by atoms with Crippen LogP contribution in [-0.2, 0) is 19.1 Å². The van der Waals surface area contributed by atoms with Gasteiger partial charge in [0.05, 0.1) is 13.2 Å². The number of ether oxygens (including phenoxy) is 2. The zero-order chi connectivity index (χ0) is 21.5. The number of carbonyl (C=O) groups is 2. The molecule has 0 bridgehead atoms. The second-order valence-corrected chi connectivity index (χ2v) is 8.93. The van der Waals surface area contributed by atoms with Gasteiger partial charge in [0.25, 0.3) is 0 Å². The topological polar surface area (TPSA) is 101 Å². The Morgan fingerprint density at radius 2 is 1.79 bits per heavy atom. The molecule has 0 spiro atoms. The van der Waals surface area contributed by atoms with Gasteiger partial charge in [0.15, 0.2) is 11.4 Å².